The highest BCUT2D eigenvalue weighted by Crippen LogP contribution is 2.01. The number of esters is 1. The van der Waals surface area contributed by atoms with Gasteiger partial charge in [0.05, 0.1) is 7.11 Å². The minimum Gasteiger partial charge on any atom is -0.468 e. The number of carbonyl (C=O) groups excluding carboxylic acids is 1. The Bertz CT molecular complexity index is 172. The van der Waals surface area contributed by atoms with Crippen LogP contribution in [0, 0.1) is 0 Å². The lowest BCUT2D eigenvalue weighted by atomic mass is 10.1. The summed E-state index contributed by atoms with van der Waals surface area (Å²) in [6.07, 6.45) is 2.95. The van der Waals surface area contributed by atoms with Crippen LogP contribution in [0.2, 0.25) is 0 Å². The van der Waals surface area contributed by atoms with E-state index in [0.717, 1.165) is 25.8 Å². The lowest BCUT2D eigenvalue weighted by Gasteiger charge is -2.13. The number of hydrogen-bond acceptors (Lipinski definition) is 4. The maximum Gasteiger partial charge on any atom is 0.322 e. The Labute approximate surface area is 92.8 Å². The van der Waals surface area contributed by atoms with Gasteiger partial charge in [0.25, 0.3) is 0 Å². The molecule has 0 unspecified atom stereocenters. The predicted molar refractivity (Wildman–Crippen MR) is 61.9 cm³/mol. The molecule has 0 aromatic rings. The largest absolute Gasteiger partial charge is 0.468 e. The highest BCUT2D eigenvalue weighted by atomic mass is 16.5. The van der Waals surface area contributed by atoms with Crippen LogP contribution in [0.15, 0.2) is 0 Å². The SMILES string of the molecule is CN[C@H](CCCCNC(C)C)C(=O)OC. The molecule has 0 fully saturated rings. The quantitative estimate of drug-likeness (QED) is 0.468. The van der Waals surface area contributed by atoms with Gasteiger partial charge in [-0.25, -0.2) is 0 Å². The van der Waals surface area contributed by atoms with Crippen LogP contribution < -0.4 is 10.6 Å². The van der Waals surface area contributed by atoms with Gasteiger partial charge < -0.3 is 15.4 Å². The molecule has 0 rings (SSSR count). The minimum atomic E-state index is -0.172. The number of likely N-dealkylation sites (N-methyl/N-ethyl adjacent to an activating group) is 1. The van der Waals surface area contributed by atoms with Gasteiger partial charge in [0.2, 0.25) is 0 Å². The molecule has 0 aliphatic carbocycles. The van der Waals surface area contributed by atoms with Gasteiger partial charge in [-0.2, -0.15) is 0 Å². The van der Waals surface area contributed by atoms with Crippen molar-refractivity contribution in [3.05, 3.63) is 0 Å². The first-order valence-electron chi connectivity index (χ1n) is 5.60. The van der Waals surface area contributed by atoms with E-state index in [9.17, 15) is 4.79 Å². The second-order valence-corrected chi connectivity index (χ2v) is 3.97. The Kier molecular flexibility index (Phi) is 8.33. The second-order valence-electron chi connectivity index (χ2n) is 3.97. The van der Waals surface area contributed by atoms with Crippen molar-refractivity contribution in [2.75, 3.05) is 20.7 Å². The van der Waals surface area contributed by atoms with Gasteiger partial charge >= 0.3 is 5.97 Å². The third-order valence-electron chi connectivity index (χ3n) is 2.31. The molecule has 0 aliphatic heterocycles. The van der Waals surface area contributed by atoms with E-state index in [1.54, 1.807) is 7.05 Å². The molecule has 0 radical (unpaired) electrons. The summed E-state index contributed by atoms with van der Waals surface area (Å²) in [5.74, 6) is -0.172. The van der Waals surface area contributed by atoms with Crippen LogP contribution in [-0.2, 0) is 9.53 Å². The molecule has 1 atom stereocenters. The molecule has 0 amide bonds. The molecule has 0 spiro atoms. The van der Waals surface area contributed by atoms with Crippen molar-refractivity contribution in [1.82, 2.24) is 10.6 Å². The maximum atomic E-state index is 11.2. The number of rotatable bonds is 8. The summed E-state index contributed by atoms with van der Waals surface area (Å²) >= 11 is 0. The van der Waals surface area contributed by atoms with Gasteiger partial charge in [-0.3, -0.25) is 4.79 Å². The number of methoxy groups -OCH3 is 1. The molecule has 15 heavy (non-hydrogen) atoms. The molecule has 0 aromatic heterocycles. The van der Waals surface area contributed by atoms with Crippen LogP contribution in [0.1, 0.15) is 33.1 Å². The predicted octanol–water partition coefficient (Wildman–Crippen LogP) is 0.916. The van der Waals surface area contributed by atoms with E-state index in [-0.39, 0.29) is 12.0 Å². The van der Waals surface area contributed by atoms with Crippen LogP contribution in [0.25, 0.3) is 0 Å². The van der Waals surface area contributed by atoms with Crippen molar-refractivity contribution in [3.63, 3.8) is 0 Å². The van der Waals surface area contributed by atoms with E-state index >= 15 is 0 Å². The fourth-order valence-electron chi connectivity index (χ4n) is 1.39. The van der Waals surface area contributed by atoms with Crippen molar-refractivity contribution in [1.29, 1.82) is 0 Å². The first-order valence-corrected chi connectivity index (χ1v) is 5.60. The Hall–Kier alpha value is -0.610. The number of carbonyl (C=O) groups is 1. The molecule has 2 N–H and O–H groups in total. The molecule has 0 saturated carbocycles. The Balaban J connectivity index is 3.51. The van der Waals surface area contributed by atoms with Gasteiger partial charge in [-0.1, -0.05) is 20.3 Å². The van der Waals surface area contributed by atoms with Crippen LogP contribution in [0.4, 0.5) is 0 Å². The maximum absolute atomic E-state index is 11.2. The summed E-state index contributed by atoms with van der Waals surface area (Å²) < 4.78 is 4.68. The fourth-order valence-corrected chi connectivity index (χ4v) is 1.39. The zero-order valence-corrected chi connectivity index (χ0v) is 10.3. The normalized spacial score (nSPS) is 12.9. The van der Waals surface area contributed by atoms with E-state index < -0.39 is 0 Å². The van der Waals surface area contributed by atoms with Crippen molar-refractivity contribution < 1.29 is 9.53 Å². The summed E-state index contributed by atoms with van der Waals surface area (Å²) in [5, 5.41) is 6.30. The third-order valence-corrected chi connectivity index (χ3v) is 2.31. The van der Waals surface area contributed by atoms with E-state index in [4.69, 9.17) is 0 Å². The summed E-state index contributed by atoms with van der Waals surface area (Å²) in [7, 11) is 3.21. The highest BCUT2D eigenvalue weighted by Gasteiger charge is 2.15. The zero-order chi connectivity index (χ0) is 11.7. The molecule has 90 valence electrons. The van der Waals surface area contributed by atoms with Crippen molar-refractivity contribution in [2.45, 2.75) is 45.2 Å². The first-order chi connectivity index (χ1) is 7.11. The van der Waals surface area contributed by atoms with Crippen LogP contribution in [-0.4, -0.2) is 38.8 Å². The van der Waals surface area contributed by atoms with E-state index in [2.05, 4.69) is 29.2 Å². The first kappa shape index (κ1) is 14.4. The Morgan fingerprint density at radius 1 is 1.33 bits per heavy atom. The third kappa shape index (κ3) is 7.33. The monoisotopic (exact) mass is 216 g/mol. The summed E-state index contributed by atoms with van der Waals surface area (Å²) in [5.41, 5.74) is 0. The van der Waals surface area contributed by atoms with Gasteiger partial charge in [-0.15, -0.1) is 0 Å². The highest BCUT2D eigenvalue weighted by molar-refractivity contribution is 5.75. The van der Waals surface area contributed by atoms with E-state index in [1.165, 1.54) is 7.11 Å². The molecule has 0 aliphatic rings. The molecule has 0 aromatic carbocycles. The van der Waals surface area contributed by atoms with Crippen molar-refractivity contribution >= 4 is 5.97 Å². The molecule has 0 bridgehead atoms. The second kappa shape index (κ2) is 8.68. The summed E-state index contributed by atoms with van der Waals surface area (Å²) in [4.78, 5) is 11.2. The molecular formula is C11H24N2O2. The van der Waals surface area contributed by atoms with Crippen LogP contribution >= 0.6 is 0 Å². The summed E-state index contributed by atoms with van der Waals surface area (Å²) in [6, 6.07) is 0.375. The van der Waals surface area contributed by atoms with Gasteiger partial charge in [0.1, 0.15) is 6.04 Å². The lowest BCUT2D eigenvalue weighted by Crippen LogP contribution is -2.35. The number of ether oxygens (including phenoxy) is 1. The van der Waals surface area contributed by atoms with Crippen molar-refractivity contribution in [3.8, 4) is 0 Å². The molecule has 0 heterocycles. The summed E-state index contributed by atoms with van der Waals surface area (Å²) in [6.45, 7) is 5.27. The van der Waals surface area contributed by atoms with Crippen LogP contribution in [0.3, 0.4) is 0 Å². The number of nitrogens with one attached hydrogen (secondary N) is 2. The van der Waals surface area contributed by atoms with Gasteiger partial charge in [-0.05, 0) is 26.4 Å². The standard InChI is InChI=1S/C11H24N2O2/c1-9(2)13-8-6-5-7-10(12-3)11(14)15-4/h9-10,12-13H,5-8H2,1-4H3/t10-/m1/s1. The molecule has 4 nitrogen and oxygen atoms in total. The average Bonchev–Trinajstić information content (AvgIpc) is 2.22. The Morgan fingerprint density at radius 3 is 2.47 bits per heavy atom. The molecular weight excluding hydrogens is 192 g/mol. The topological polar surface area (TPSA) is 50.4 Å². The van der Waals surface area contributed by atoms with Gasteiger partial charge in [0.15, 0.2) is 0 Å². The lowest BCUT2D eigenvalue weighted by molar-refractivity contribution is -0.143. The van der Waals surface area contributed by atoms with E-state index in [0.29, 0.717) is 6.04 Å². The molecule has 0 saturated heterocycles. The van der Waals surface area contributed by atoms with Gasteiger partial charge in [0, 0.05) is 6.04 Å². The smallest absolute Gasteiger partial charge is 0.322 e. The minimum absolute atomic E-state index is 0.158. The van der Waals surface area contributed by atoms with Crippen molar-refractivity contribution in [2.24, 2.45) is 0 Å². The Morgan fingerprint density at radius 2 is 2.00 bits per heavy atom. The number of hydrogen-bond donors (Lipinski definition) is 2. The fraction of sp³-hybridized carbons (Fsp3) is 0.909. The zero-order valence-electron chi connectivity index (χ0n) is 10.3. The average molecular weight is 216 g/mol. The molecule has 4 heteroatoms. The number of unbranched alkanes of at least 4 members (excludes halogenated alkanes) is 1. The van der Waals surface area contributed by atoms with E-state index in [1.807, 2.05) is 0 Å². The van der Waals surface area contributed by atoms with Crippen LogP contribution in [0.5, 0.6) is 0 Å².